The van der Waals surface area contributed by atoms with Crippen molar-refractivity contribution in [3.63, 3.8) is 0 Å². The van der Waals surface area contributed by atoms with Gasteiger partial charge in [-0.3, -0.25) is 0 Å². The standard InChI is InChI=1S/C12H22O3/c1-4-12(14,11(13)15-5-2)10-8-6-7-9(10)3/h9-10,14H,4-8H2,1-3H3. The fourth-order valence-electron chi connectivity index (χ4n) is 2.67. The maximum atomic E-state index is 11.8. The van der Waals surface area contributed by atoms with Crippen LogP contribution in [0.1, 0.15) is 46.5 Å². The first-order valence-corrected chi connectivity index (χ1v) is 5.95. The van der Waals surface area contributed by atoms with Crippen LogP contribution in [-0.4, -0.2) is 23.3 Å². The van der Waals surface area contributed by atoms with Crippen LogP contribution in [-0.2, 0) is 9.53 Å². The quantitative estimate of drug-likeness (QED) is 0.729. The largest absolute Gasteiger partial charge is 0.464 e. The average molecular weight is 214 g/mol. The molecule has 1 saturated carbocycles. The van der Waals surface area contributed by atoms with Crippen LogP contribution < -0.4 is 0 Å². The number of hydrogen-bond donors (Lipinski definition) is 1. The molecule has 1 rings (SSSR count). The van der Waals surface area contributed by atoms with Gasteiger partial charge in [0.25, 0.3) is 0 Å². The summed E-state index contributed by atoms with van der Waals surface area (Å²) in [5, 5.41) is 10.4. The van der Waals surface area contributed by atoms with Crippen molar-refractivity contribution in [3.05, 3.63) is 0 Å². The van der Waals surface area contributed by atoms with E-state index in [1.54, 1.807) is 6.92 Å². The molecule has 1 fully saturated rings. The normalized spacial score (nSPS) is 29.9. The highest BCUT2D eigenvalue weighted by Crippen LogP contribution is 2.41. The summed E-state index contributed by atoms with van der Waals surface area (Å²) in [6.45, 7) is 6.06. The van der Waals surface area contributed by atoms with E-state index in [4.69, 9.17) is 4.74 Å². The second-order valence-electron chi connectivity index (χ2n) is 4.51. The Balaban J connectivity index is 2.78. The molecule has 1 aliphatic carbocycles. The molecule has 0 amide bonds. The molecule has 0 saturated heterocycles. The minimum Gasteiger partial charge on any atom is -0.464 e. The van der Waals surface area contributed by atoms with E-state index in [1.165, 1.54) is 0 Å². The number of hydrogen-bond acceptors (Lipinski definition) is 3. The third-order valence-electron chi connectivity index (χ3n) is 3.64. The Morgan fingerprint density at radius 2 is 2.13 bits per heavy atom. The Labute approximate surface area is 91.8 Å². The number of ether oxygens (including phenoxy) is 1. The van der Waals surface area contributed by atoms with E-state index in [0.29, 0.717) is 18.9 Å². The second kappa shape index (κ2) is 4.97. The van der Waals surface area contributed by atoms with Crippen LogP contribution in [0.5, 0.6) is 0 Å². The zero-order valence-electron chi connectivity index (χ0n) is 9.95. The molecule has 0 aliphatic heterocycles. The van der Waals surface area contributed by atoms with Gasteiger partial charge >= 0.3 is 5.97 Å². The van der Waals surface area contributed by atoms with E-state index in [2.05, 4.69) is 6.92 Å². The minimum atomic E-state index is -1.26. The van der Waals surface area contributed by atoms with Crippen molar-refractivity contribution < 1.29 is 14.6 Å². The van der Waals surface area contributed by atoms with Crippen molar-refractivity contribution in [1.29, 1.82) is 0 Å². The first kappa shape index (κ1) is 12.5. The summed E-state index contributed by atoms with van der Waals surface area (Å²) in [5.74, 6) is 0.0483. The molecular weight excluding hydrogens is 192 g/mol. The minimum absolute atomic E-state index is 0.0709. The number of carbonyl (C=O) groups is 1. The number of esters is 1. The molecule has 3 nitrogen and oxygen atoms in total. The highest BCUT2D eigenvalue weighted by atomic mass is 16.5. The Morgan fingerprint density at radius 1 is 1.47 bits per heavy atom. The van der Waals surface area contributed by atoms with Crippen molar-refractivity contribution in [1.82, 2.24) is 0 Å². The molecule has 3 heteroatoms. The van der Waals surface area contributed by atoms with Crippen molar-refractivity contribution in [3.8, 4) is 0 Å². The first-order valence-electron chi connectivity index (χ1n) is 5.95. The summed E-state index contributed by atoms with van der Waals surface area (Å²) in [5.41, 5.74) is -1.26. The molecule has 0 aromatic heterocycles. The number of rotatable bonds is 4. The molecule has 0 aromatic rings. The van der Waals surface area contributed by atoms with Gasteiger partial charge in [-0.2, -0.15) is 0 Å². The molecule has 1 aliphatic rings. The van der Waals surface area contributed by atoms with Crippen molar-refractivity contribution in [2.75, 3.05) is 6.61 Å². The van der Waals surface area contributed by atoms with E-state index >= 15 is 0 Å². The fraction of sp³-hybridized carbons (Fsp3) is 0.917. The molecule has 0 spiro atoms. The Morgan fingerprint density at radius 3 is 2.53 bits per heavy atom. The second-order valence-corrected chi connectivity index (χ2v) is 4.51. The molecule has 0 aromatic carbocycles. The van der Waals surface area contributed by atoms with E-state index in [-0.39, 0.29) is 5.92 Å². The van der Waals surface area contributed by atoms with Gasteiger partial charge in [-0.25, -0.2) is 4.79 Å². The molecule has 0 heterocycles. The van der Waals surface area contributed by atoms with E-state index in [9.17, 15) is 9.90 Å². The Hall–Kier alpha value is -0.570. The van der Waals surface area contributed by atoms with Gasteiger partial charge in [0, 0.05) is 5.92 Å². The first-order chi connectivity index (χ1) is 7.06. The van der Waals surface area contributed by atoms with E-state index < -0.39 is 11.6 Å². The third kappa shape index (κ3) is 2.33. The van der Waals surface area contributed by atoms with Gasteiger partial charge in [-0.05, 0) is 25.7 Å². The number of carbonyl (C=O) groups excluding carboxylic acids is 1. The van der Waals surface area contributed by atoms with Gasteiger partial charge in [0.2, 0.25) is 0 Å². The predicted octanol–water partition coefficient (Wildman–Crippen LogP) is 2.13. The van der Waals surface area contributed by atoms with E-state index in [1.807, 2.05) is 6.92 Å². The topological polar surface area (TPSA) is 46.5 Å². The molecule has 1 N–H and O–H groups in total. The van der Waals surface area contributed by atoms with Crippen LogP contribution >= 0.6 is 0 Å². The van der Waals surface area contributed by atoms with Gasteiger partial charge < -0.3 is 9.84 Å². The molecule has 88 valence electrons. The molecule has 15 heavy (non-hydrogen) atoms. The third-order valence-corrected chi connectivity index (χ3v) is 3.64. The zero-order chi connectivity index (χ0) is 11.5. The summed E-state index contributed by atoms with van der Waals surface area (Å²) in [6, 6.07) is 0. The molecule has 0 bridgehead atoms. The summed E-state index contributed by atoms with van der Waals surface area (Å²) in [7, 11) is 0. The van der Waals surface area contributed by atoms with Crippen LogP contribution in [0.2, 0.25) is 0 Å². The van der Waals surface area contributed by atoms with Crippen LogP contribution in [0, 0.1) is 11.8 Å². The lowest BCUT2D eigenvalue weighted by Gasteiger charge is -2.33. The summed E-state index contributed by atoms with van der Waals surface area (Å²) in [4.78, 5) is 11.8. The highest BCUT2D eigenvalue weighted by molar-refractivity contribution is 5.79. The summed E-state index contributed by atoms with van der Waals surface area (Å²) < 4.78 is 4.97. The van der Waals surface area contributed by atoms with Gasteiger partial charge in [0.05, 0.1) is 6.61 Å². The summed E-state index contributed by atoms with van der Waals surface area (Å²) in [6.07, 6.45) is 3.59. The Bertz CT molecular complexity index is 227. The zero-order valence-corrected chi connectivity index (χ0v) is 9.95. The molecule has 0 radical (unpaired) electrons. The molecule has 3 unspecified atom stereocenters. The maximum absolute atomic E-state index is 11.8. The molecular formula is C12H22O3. The fourth-order valence-corrected chi connectivity index (χ4v) is 2.67. The van der Waals surface area contributed by atoms with Gasteiger partial charge in [0.1, 0.15) is 0 Å². The Kier molecular flexibility index (Phi) is 4.14. The monoisotopic (exact) mass is 214 g/mol. The van der Waals surface area contributed by atoms with Crippen LogP contribution in [0.15, 0.2) is 0 Å². The lowest BCUT2D eigenvalue weighted by atomic mass is 9.79. The SMILES string of the molecule is CCOC(=O)C(O)(CC)C1CCCC1C. The highest BCUT2D eigenvalue weighted by Gasteiger charge is 2.47. The van der Waals surface area contributed by atoms with Gasteiger partial charge in [0.15, 0.2) is 5.60 Å². The van der Waals surface area contributed by atoms with Crippen molar-refractivity contribution >= 4 is 5.97 Å². The number of aliphatic hydroxyl groups is 1. The summed E-state index contributed by atoms with van der Waals surface area (Å²) >= 11 is 0. The van der Waals surface area contributed by atoms with E-state index in [0.717, 1.165) is 19.3 Å². The maximum Gasteiger partial charge on any atom is 0.338 e. The van der Waals surface area contributed by atoms with Gasteiger partial charge in [-0.1, -0.05) is 26.7 Å². The smallest absolute Gasteiger partial charge is 0.338 e. The van der Waals surface area contributed by atoms with Gasteiger partial charge in [-0.15, -0.1) is 0 Å². The van der Waals surface area contributed by atoms with Crippen LogP contribution in [0.25, 0.3) is 0 Å². The molecule has 3 atom stereocenters. The lowest BCUT2D eigenvalue weighted by Crippen LogP contribution is -2.47. The lowest BCUT2D eigenvalue weighted by molar-refractivity contribution is -0.173. The van der Waals surface area contributed by atoms with Crippen LogP contribution in [0.3, 0.4) is 0 Å². The van der Waals surface area contributed by atoms with Crippen molar-refractivity contribution in [2.24, 2.45) is 11.8 Å². The predicted molar refractivity (Wildman–Crippen MR) is 58.4 cm³/mol. The van der Waals surface area contributed by atoms with Crippen molar-refractivity contribution in [2.45, 2.75) is 52.1 Å². The van der Waals surface area contributed by atoms with Crippen LogP contribution in [0.4, 0.5) is 0 Å². The average Bonchev–Trinajstić information content (AvgIpc) is 2.64.